The van der Waals surface area contributed by atoms with Crippen LogP contribution in [0.5, 0.6) is 0 Å². The van der Waals surface area contributed by atoms with Gasteiger partial charge in [-0.25, -0.2) is 4.98 Å². The average molecular weight is 377 g/mol. The maximum Gasteiger partial charge on any atom is 0.255 e. The summed E-state index contributed by atoms with van der Waals surface area (Å²) in [5, 5.41) is 3.33. The van der Waals surface area contributed by atoms with E-state index in [1.807, 2.05) is 24.1 Å². The van der Waals surface area contributed by atoms with Crippen LogP contribution in [-0.2, 0) is 0 Å². The van der Waals surface area contributed by atoms with Crippen LogP contribution in [0.4, 0.5) is 5.82 Å². The molecule has 0 aliphatic carbocycles. The molecule has 1 aromatic heterocycles. The Morgan fingerprint density at radius 1 is 1.25 bits per heavy atom. The molecule has 1 amide bonds. The van der Waals surface area contributed by atoms with Crippen LogP contribution < -0.4 is 10.2 Å². The van der Waals surface area contributed by atoms with Crippen LogP contribution in [0.2, 0.25) is 0 Å². The quantitative estimate of drug-likeness (QED) is 0.828. The number of pyridine rings is 1. The van der Waals surface area contributed by atoms with Gasteiger partial charge in [0.25, 0.3) is 5.91 Å². The Kier molecular flexibility index (Phi) is 11.0. The zero-order valence-corrected chi connectivity index (χ0v) is 16.5. The van der Waals surface area contributed by atoms with Crippen molar-refractivity contribution in [2.45, 2.75) is 39.2 Å². The number of carbonyl (C=O) groups is 1. The van der Waals surface area contributed by atoms with Crippen molar-refractivity contribution in [3.05, 3.63) is 23.9 Å². The number of rotatable bonds is 6. The van der Waals surface area contributed by atoms with Gasteiger partial charge in [-0.15, -0.1) is 24.8 Å². The van der Waals surface area contributed by atoms with Gasteiger partial charge in [0.15, 0.2) is 0 Å². The van der Waals surface area contributed by atoms with E-state index in [1.165, 1.54) is 0 Å². The number of hydrogen-bond acceptors (Lipinski definition) is 4. The van der Waals surface area contributed by atoms with E-state index in [2.05, 4.69) is 29.0 Å². The smallest absolute Gasteiger partial charge is 0.255 e. The van der Waals surface area contributed by atoms with Gasteiger partial charge < -0.3 is 15.1 Å². The molecule has 2 rings (SSSR count). The largest absolute Gasteiger partial charge is 0.357 e. The summed E-state index contributed by atoms with van der Waals surface area (Å²) in [6.45, 7) is 8.19. The molecular weight excluding hydrogens is 347 g/mol. The number of halogens is 2. The summed E-state index contributed by atoms with van der Waals surface area (Å²) in [7, 11) is 1.90. The molecule has 0 bridgehead atoms. The first-order valence-corrected chi connectivity index (χ1v) is 8.36. The molecule has 0 radical (unpaired) electrons. The molecule has 1 saturated heterocycles. The van der Waals surface area contributed by atoms with E-state index in [1.54, 1.807) is 6.20 Å². The minimum absolute atomic E-state index is 0. The van der Waals surface area contributed by atoms with Crippen LogP contribution in [-0.4, -0.2) is 55.1 Å². The van der Waals surface area contributed by atoms with Crippen molar-refractivity contribution in [3.63, 3.8) is 0 Å². The molecule has 0 unspecified atom stereocenters. The zero-order valence-electron chi connectivity index (χ0n) is 14.8. The predicted octanol–water partition coefficient (Wildman–Crippen LogP) is 2.99. The minimum Gasteiger partial charge on any atom is -0.357 e. The molecule has 0 spiro atoms. The molecule has 5 nitrogen and oxygen atoms in total. The van der Waals surface area contributed by atoms with Crippen molar-refractivity contribution in [3.8, 4) is 0 Å². The highest BCUT2D eigenvalue weighted by Crippen LogP contribution is 2.16. The van der Waals surface area contributed by atoms with Crippen molar-refractivity contribution in [2.24, 2.45) is 0 Å². The van der Waals surface area contributed by atoms with E-state index >= 15 is 0 Å². The molecular formula is C17H30Cl2N4O. The Bertz CT molecular complexity index is 478. The third-order valence-corrected chi connectivity index (χ3v) is 4.37. The number of piperidine rings is 1. The number of nitrogens with one attached hydrogen (secondary N) is 1. The molecule has 1 N–H and O–H groups in total. The van der Waals surface area contributed by atoms with Crippen LogP contribution in [0.15, 0.2) is 18.3 Å². The zero-order chi connectivity index (χ0) is 15.9. The topological polar surface area (TPSA) is 48.5 Å². The molecule has 138 valence electrons. The highest BCUT2D eigenvalue weighted by molar-refractivity contribution is 5.94. The molecule has 1 aliphatic rings. The third-order valence-electron chi connectivity index (χ3n) is 4.37. The molecule has 24 heavy (non-hydrogen) atoms. The number of nitrogens with zero attached hydrogens (tertiary/aromatic N) is 3. The predicted molar refractivity (Wildman–Crippen MR) is 105 cm³/mol. The van der Waals surface area contributed by atoms with Crippen molar-refractivity contribution in [1.82, 2.24) is 15.2 Å². The van der Waals surface area contributed by atoms with Crippen molar-refractivity contribution in [2.75, 3.05) is 38.1 Å². The Morgan fingerprint density at radius 2 is 1.92 bits per heavy atom. The highest BCUT2D eigenvalue weighted by Gasteiger charge is 2.23. The first-order valence-electron chi connectivity index (χ1n) is 8.36. The fourth-order valence-corrected chi connectivity index (χ4v) is 2.97. The Morgan fingerprint density at radius 3 is 2.42 bits per heavy atom. The molecule has 0 saturated carbocycles. The minimum atomic E-state index is 0. The number of amides is 1. The summed E-state index contributed by atoms with van der Waals surface area (Å²) in [6.07, 6.45) is 4.85. The second-order valence-electron chi connectivity index (χ2n) is 5.88. The lowest BCUT2D eigenvalue weighted by Gasteiger charge is -2.31. The Balaban J connectivity index is 0.00000264. The van der Waals surface area contributed by atoms with Crippen LogP contribution in [0.3, 0.4) is 0 Å². The van der Waals surface area contributed by atoms with Gasteiger partial charge in [0.1, 0.15) is 5.82 Å². The van der Waals surface area contributed by atoms with Crippen molar-refractivity contribution >= 4 is 36.5 Å². The maximum atomic E-state index is 12.6. The fraction of sp³-hybridized carbons (Fsp3) is 0.647. The van der Waals surface area contributed by atoms with Gasteiger partial charge in [-0.05, 0) is 51.4 Å². The van der Waals surface area contributed by atoms with Gasteiger partial charge in [0.2, 0.25) is 0 Å². The summed E-state index contributed by atoms with van der Waals surface area (Å²) in [5.74, 6) is 1.02. The first-order chi connectivity index (χ1) is 10.7. The SMILES string of the molecule is CCCN(CC)c1ccc(C(=O)N(C)C2CCNCC2)cn1.Cl.Cl. The van der Waals surface area contributed by atoms with E-state index in [4.69, 9.17) is 0 Å². The number of aromatic nitrogens is 1. The number of anilines is 1. The molecule has 1 aromatic rings. The second kappa shape index (κ2) is 11.5. The third kappa shape index (κ3) is 5.80. The highest BCUT2D eigenvalue weighted by atomic mass is 35.5. The normalized spacial score (nSPS) is 14.3. The second-order valence-corrected chi connectivity index (χ2v) is 5.88. The Labute approximate surface area is 158 Å². The van der Waals surface area contributed by atoms with Gasteiger partial charge >= 0.3 is 0 Å². The van der Waals surface area contributed by atoms with Crippen LogP contribution in [0, 0.1) is 0 Å². The van der Waals surface area contributed by atoms with E-state index in [0.29, 0.717) is 11.6 Å². The lowest BCUT2D eigenvalue weighted by Crippen LogP contribution is -2.44. The maximum absolute atomic E-state index is 12.6. The summed E-state index contributed by atoms with van der Waals surface area (Å²) in [6, 6.07) is 4.20. The first kappa shape index (κ1) is 23.0. The molecule has 2 heterocycles. The van der Waals surface area contributed by atoms with Crippen molar-refractivity contribution < 1.29 is 4.79 Å². The van der Waals surface area contributed by atoms with Crippen LogP contribution in [0.25, 0.3) is 0 Å². The average Bonchev–Trinajstić information content (AvgIpc) is 2.59. The van der Waals surface area contributed by atoms with Crippen molar-refractivity contribution in [1.29, 1.82) is 0 Å². The van der Waals surface area contributed by atoms with E-state index in [9.17, 15) is 4.79 Å². The molecule has 1 fully saturated rings. The molecule has 7 heteroatoms. The summed E-state index contributed by atoms with van der Waals surface area (Å²) in [5.41, 5.74) is 0.678. The van der Waals surface area contributed by atoms with Gasteiger partial charge in [0.05, 0.1) is 5.56 Å². The van der Waals surface area contributed by atoms with Crippen LogP contribution >= 0.6 is 24.8 Å². The van der Waals surface area contributed by atoms with Gasteiger partial charge in [0, 0.05) is 32.4 Å². The molecule has 1 aliphatic heterocycles. The van der Waals surface area contributed by atoms with Crippen LogP contribution in [0.1, 0.15) is 43.5 Å². The summed E-state index contributed by atoms with van der Waals surface area (Å²) in [4.78, 5) is 21.2. The van der Waals surface area contributed by atoms with Gasteiger partial charge in [-0.1, -0.05) is 6.92 Å². The Hall–Kier alpha value is -1.04. The number of hydrogen-bond donors (Lipinski definition) is 1. The van der Waals surface area contributed by atoms with Gasteiger partial charge in [-0.2, -0.15) is 0 Å². The van der Waals surface area contributed by atoms with Gasteiger partial charge in [-0.3, -0.25) is 4.79 Å². The van der Waals surface area contributed by atoms with E-state index in [-0.39, 0.29) is 30.7 Å². The summed E-state index contributed by atoms with van der Waals surface area (Å²) >= 11 is 0. The fourth-order valence-electron chi connectivity index (χ4n) is 2.97. The molecule has 0 atom stereocenters. The van der Waals surface area contributed by atoms with E-state index in [0.717, 1.165) is 51.3 Å². The monoisotopic (exact) mass is 376 g/mol. The summed E-state index contributed by atoms with van der Waals surface area (Å²) < 4.78 is 0. The standard InChI is InChI=1S/C17H28N4O.2ClH/c1-4-12-21(5-2)16-7-6-14(13-19-16)17(22)20(3)15-8-10-18-11-9-15;;/h6-7,13,15,18H,4-5,8-12H2,1-3H3;2*1H. The lowest BCUT2D eigenvalue weighted by atomic mass is 10.0. The van der Waals surface area contributed by atoms with E-state index < -0.39 is 0 Å². The lowest BCUT2D eigenvalue weighted by molar-refractivity contribution is 0.0703. The number of carbonyl (C=O) groups excluding carboxylic acids is 1. The molecule has 0 aromatic carbocycles.